The van der Waals surface area contributed by atoms with E-state index in [9.17, 15) is 4.79 Å². The van der Waals surface area contributed by atoms with Crippen LogP contribution >= 0.6 is 0 Å². The Balaban J connectivity index is 1.97. The fraction of sp³-hybridized carbons (Fsp3) is 0.294. The molecule has 0 saturated heterocycles. The zero-order valence-electron chi connectivity index (χ0n) is 13.1. The minimum atomic E-state index is -0.277. The second-order valence-electron chi connectivity index (χ2n) is 4.89. The largest absolute Gasteiger partial charge is 0.490 e. The number of amides is 1. The molecular formula is C17H20N2O3. The standard InChI is InChI=1S/C17H20N2O3/c1-4-21-14-6-5-9-18-17(14)19-16(20)11-22-15-10-12(2)7-8-13(15)3/h5-10H,4,11H2,1-3H3,(H,18,19,20). The molecule has 1 aromatic carbocycles. The molecule has 1 aromatic heterocycles. The molecule has 0 aliphatic rings. The number of hydrogen-bond donors (Lipinski definition) is 1. The number of benzene rings is 1. The lowest BCUT2D eigenvalue weighted by molar-refractivity contribution is -0.118. The van der Waals surface area contributed by atoms with Gasteiger partial charge < -0.3 is 14.8 Å². The molecule has 0 atom stereocenters. The van der Waals surface area contributed by atoms with E-state index >= 15 is 0 Å². The van der Waals surface area contributed by atoms with Crippen LogP contribution in [0.5, 0.6) is 11.5 Å². The summed E-state index contributed by atoms with van der Waals surface area (Å²) in [6.07, 6.45) is 1.60. The first kappa shape index (κ1) is 15.8. The molecule has 0 bridgehead atoms. The first-order valence-corrected chi connectivity index (χ1v) is 7.18. The van der Waals surface area contributed by atoms with Crippen molar-refractivity contribution in [2.75, 3.05) is 18.5 Å². The molecule has 0 fully saturated rings. The summed E-state index contributed by atoms with van der Waals surface area (Å²) in [4.78, 5) is 16.1. The van der Waals surface area contributed by atoms with Crippen LogP contribution in [0.25, 0.3) is 0 Å². The molecule has 0 spiro atoms. The number of pyridine rings is 1. The van der Waals surface area contributed by atoms with Gasteiger partial charge in [-0.15, -0.1) is 0 Å². The minimum Gasteiger partial charge on any atom is -0.490 e. The van der Waals surface area contributed by atoms with Crippen molar-refractivity contribution >= 4 is 11.7 Å². The molecule has 0 saturated carbocycles. The Hall–Kier alpha value is -2.56. The van der Waals surface area contributed by atoms with E-state index in [1.807, 2.05) is 39.0 Å². The number of carbonyl (C=O) groups excluding carboxylic acids is 1. The minimum absolute atomic E-state index is 0.0770. The average molecular weight is 300 g/mol. The van der Waals surface area contributed by atoms with Crippen LogP contribution in [0, 0.1) is 13.8 Å². The van der Waals surface area contributed by atoms with Crippen molar-refractivity contribution in [3.8, 4) is 11.5 Å². The number of rotatable bonds is 6. The molecule has 1 heterocycles. The smallest absolute Gasteiger partial charge is 0.263 e. The SMILES string of the molecule is CCOc1cccnc1NC(=O)COc1cc(C)ccc1C. The highest BCUT2D eigenvalue weighted by atomic mass is 16.5. The van der Waals surface area contributed by atoms with Gasteiger partial charge in [0.1, 0.15) is 5.75 Å². The molecule has 0 aliphatic carbocycles. The summed E-state index contributed by atoms with van der Waals surface area (Å²) in [7, 11) is 0. The van der Waals surface area contributed by atoms with E-state index in [4.69, 9.17) is 9.47 Å². The number of nitrogens with zero attached hydrogens (tertiary/aromatic N) is 1. The molecule has 0 radical (unpaired) electrons. The quantitative estimate of drug-likeness (QED) is 0.890. The maximum Gasteiger partial charge on any atom is 0.263 e. The Morgan fingerprint density at radius 1 is 1.18 bits per heavy atom. The van der Waals surface area contributed by atoms with Crippen LogP contribution in [0.2, 0.25) is 0 Å². The van der Waals surface area contributed by atoms with E-state index in [-0.39, 0.29) is 12.5 Å². The maximum atomic E-state index is 12.0. The first-order chi connectivity index (χ1) is 10.6. The first-order valence-electron chi connectivity index (χ1n) is 7.18. The lowest BCUT2D eigenvalue weighted by Crippen LogP contribution is -2.21. The second kappa shape index (κ2) is 7.45. The summed E-state index contributed by atoms with van der Waals surface area (Å²) >= 11 is 0. The maximum absolute atomic E-state index is 12.0. The van der Waals surface area contributed by atoms with Gasteiger partial charge in [0.25, 0.3) is 5.91 Å². The summed E-state index contributed by atoms with van der Waals surface area (Å²) < 4.78 is 11.0. The van der Waals surface area contributed by atoms with E-state index in [1.54, 1.807) is 18.3 Å². The molecule has 1 amide bonds. The third-order valence-electron chi connectivity index (χ3n) is 3.03. The third-order valence-corrected chi connectivity index (χ3v) is 3.03. The van der Waals surface area contributed by atoms with Crippen LogP contribution in [0.4, 0.5) is 5.82 Å². The molecular weight excluding hydrogens is 280 g/mol. The van der Waals surface area contributed by atoms with Crippen molar-refractivity contribution in [3.63, 3.8) is 0 Å². The van der Waals surface area contributed by atoms with Gasteiger partial charge in [-0.1, -0.05) is 12.1 Å². The Morgan fingerprint density at radius 2 is 2.00 bits per heavy atom. The van der Waals surface area contributed by atoms with Gasteiger partial charge >= 0.3 is 0 Å². The van der Waals surface area contributed by atoms with Gasteiger partial charge in [-0.25, -0.2) is 4.98 Å². The van der Waals surface area contributed by atoms with Crippen molar-refractivity contribution in [3.05, 3.63) is 47.7 Å². The lowest BCUT2D eigenvalue weighted by atomic mass is 10.1. The summed E-state index contributed by atoms with van der Waals surface area (Å²) in [6.45, 7) is 6.23. The van der Waals surface area contributed by atoms with Gasteiger partial charge in [-0.3, -0.25) is 4.79 Å². The summed E-state index contributed by atoms with van der Waals surface area (Å²) in [5.41, 5.74) is 2.08. The van der Waals surface area contributed by atoms with Crippen LogP contribution in [0.15, 0.2) is 36.5 Å². The number of anilines is 1. The molecule has 116 valence electrons. The summed E-state index contributed by atoms with van der Waals surface area (Å²) in [6, 6.07) is 9.40. The summed E-state index contributed by atoms with van der Waals surface area (Å²) in [5, 5.41) is 2.70. The molecule has 5 nitrogen and oxygen atoms in total. The molecule has 0 aliphatic heterocycles. The zero-order chi connectivity index (χ0) is 15.9. The van der Waals surface area contributed by atoms with E-state index in [1.165, 1.54) is 0 Å². The van der Waals surface area contributed by atoms with E-state index in [0.29, 0.717) is 23.9 Å². The van der Waals surface area contributed by atoms with Crippen molar-refractivity contribution in [1.82, 2.24) is 4.98 Å². The molecule has 1 N–H and O–H groups in total. The van der Waals surface area contributed by atoms with Gasteiger partial charge in [0.05, 0.1) is 6.61 Å². The Kier molecular flexibility index (Phi) is 5.36. The number of aryl methyl sites for hydroxylation is 2. The number of hydrogen-bond acceptors (Lipinski definition) is 4. The van der Waals surface area contributed by atoms with Gasteiger partial charge in [-0.2, -0.15) is 0 Å². The molecule has 22 heavy (non-hydrogen) atoms. The van der Waals surface area contributed by atoms with Gasteiger partial charge in [-0.05, 0) is 50.1 Å². The second-order valence-corrected chi connectivity index (χ2v) is 4.89. The normalized spacial score (nSPS) is 10.1. The molecule has 2 rings (SSSR count). The fourth-order valence-corrected chi connectivity index (χ4v) is 1.93. The van der Waals surface area contributed by atoms with Gasteiger partial charge in [0.2, 0.25) is 0 Å². The average Bonchev–Trinajstić information content (AvgIpc) is 2.50. The van der Waals surface area contributed by atoms with Crippen molar-refractivity contribution in [1.29, 1.82) is 0 Å². The highest BCUT2D eigenvalue weighted by molar-refractivity contribution is 5.92. The van der Waals surface area contributed by atoms with Crippen LogP contribution in [0.1, 0.15) is 18.1 Å². The number of nitrogens with one attached hydrogen (secondary N) is 1. The van der Waals surface area contributed by atoms with Crippen molar-refractivity contribution < 1.29 is 14.3 Å². The van der Waals surface area contributed by atoms with E-state index < -0.39 is 0 Å². The Bertz CT molecular complexity index is 656. The zero-order valence-corrected chi connectivity index (χ0v) is 13.1. The number of aromatic nitrogens is 1. The molecule has 0 unspecified atom stereocenters. The van der Waals surface area contributed by atoms with Crippen LogP contribution in [-0.2, 0) is 4.79 Å². The Morgan fingerprint density at radius 3 is 2.77 bits per heavy atom. The van der Waals surface area contributed by atoms with Gasteiger partial charge in [0, 0.05) is 6.20 Å². The Labute approximate surface area is 130 Å². The number of carbonyl (C=O) groups is 1. The van der Waals surface area contributed by atoms with Gasteiger partial charge in [0.15, 0.2) is 18.2 Å². The third kappa shape index (κ3) is 4.22. The van der Waals surface area contributed by atoms with Crippen molar-refractivity contribution in [2.45, 2.75) is 20.8 Å². The van der Waals surface area contributed by atoms with E-state index in [2.05, 4.69) is 10.3 Å². The predicted octanol–water partition coefficient (Wildman–Crippen LogP) is 3.11. The highest BCUT2D eigenvalue weighted by Crippen LogP contribution is 2.21. The predicted molar refractivity (Wildman–Crippen MR) is 85.4 cm³/mol. The van der Waals surface area contributed by atoms with Crippen molar-refractivity contribution in [2.24, 2.45) is 0 Å². The fourth-order valence-electron chi connectivity index (χ4n) is 1.93. The van der Waals surface area contributed by atoms with Crippen LogP contribution < -0.4 is 14.8 Å². The monoisotopic (exact) mass is 300 g/mol. The topological polar surface area (TPSA) is 60.5 Å². The highest BCUT2D eigenvalue weighted by Gasteiger charge is 2.10. The molecule has 2 aromatic rings. The lowest BCUT2D eigenvalue weighted by Gasteiger charge is -2.12. The number of ether oxygens (including phenoxy) is 2. The van der Waals surface area contributed by atoms with E-state index in [0.717, 1.165) is 11.1 Å². The summed E-state index contributed by atoms with van der Waals surface area (Å²) in [5.74, 6) is 1.38. The van der Waals surface area contributed by atoms with Crippen LogP contribution in [-0.4, -0.2) is 24.1 Å². The molecule has 5 heteroatoms. The van der Waals surface area contributed by atoms with Crippen LogP contribution in [0.3, 0.4) is 0 Å².